The summed E-state index contributed by atoms with van der Waals surface area (Å²) in [6, 6.07) is 87.4. The van der Waals surface area contributed by atoms with E-state index in [0.717, 1.165) is 0 Å². The maximum Gasteiger partial charge on any atom is 0.0159 e. The second-order valence-electron chi connectivity index (χ2n) is 21.6. The quantitative estimate of drug-likeness (QED) is 0.154. The van der Waals surface area contributed by atoms with Gasteiger partial charge in [0.05, 0.1) is 0 Å². The Kier molecular flexibility index (Phi) is 8.57. The van der Waals surface area contributed by atoms with E-state index in [-0.39, 0.29) is 10.8 Å². The van der Waals surface area contributed by atoms with Gasteiger partial charge in [0.25, 0.3) is 0 Å². The zero-order valence-electron chi connectivity index (χ0n) is 40.9. The molecular formula is C72H50. The Bertz CT molecular complexity index is 4500. The molecule has 2 aliphatic carbocycles. The van der Waals surface area contributed by atoms with Crippen LogP contribution in [-0.4, -0.2) is 0 Å². The molecule has 0 fully saturated rings. The smallest absolute Gasteiger partial charge is 0.0159 e. The van der Waals surface area contributed by atoms with E-state index < -0.39 is 0 Å². The summed E-state index contributed by atoms with van der Waals surface area (Å²) in [6.07, 6.45) is 0. The van der Waals surface area contributed by atoms with Gasteiger partial charge < -0.3 is 0 Å². The number of rotatable bonds is 4. The van der Waals surface area contributed by atoms with Crippen molar-refractivity contribution < 1.29 is 0 Å². The van der Waals surface area contributed by atoms with E-state index in [2.05, 4.69) is 258 Å². The third kappa shape index (κ3) is 5.99. The molecule has 0 heterocycles. The molecule has 0 saturated heterocycles. The summed E-state index contributed by atoms with van der Waals surface area (Å²) in [5.41, 5.74) is 20.9. The van der Waals surface area contributed by atoms with E-state index in [1.54, 1.807) is 0 Å². The molecule has 2 aliphatic rings. The molecule has 0 aromatic heterocycles. The summed E-state index contributed by atoms with van der Waals surface area (Å²) in [5.74, 6) is 0. The second kappa shape index (κ2) is 15.0. The zero-order valence-corrected chi connectivity index (χ0v) is 40.9. The summed E-state index contributed by atoms with van der Waals surface area (Å²) in [6.45, 7) is 9.53. The average molecular weight is 915 g/mol. The zero-order chi connectivity index (χ0) is 48.0. The molecule has 0 nitrogen and oxygen atoms in total. The summed E-state index contributed by atoms with van der Waals surface area (Å²) < 4.78 is 0. The first-order chi connectivity index (χ1) is 35.2. The minimum atomic E-state index is -0.135. The van der Waals surface area contributed by atoms with Crippen molar-refractivity contribution in [2.45, 2.75) is 38.5 Å². The molecule has 0 saturated carbocycles. The van der Waals surface area contributed by atoms with E-state index in [0.29, 0.717) is 0 Å². The lowest BCUT2D eigenvalue weighted by molar-refractivity contribution is 0.659. The van der Waals surface area contributed by atoms with Gasteiger partial charge in [-0.3, -0.25) is 0 Å². The summed E-state index contributed by atoms with van der Waals surface area (Å²) in [7, 11) is 0. The third-order valence-corrected chi connectivity index (χ3v) is 17.0. The molecule has 0 spiro atoms. The van der Waals surface area contributed by atoms with Crippen molar-refractivity contribution in [3.8, 4) is 66.8 Å². The Morgan fingerprint density at radius 1 is 0.208 bits per heavy atom. The fourth-order valence-corrected chi connectivity index (χ4v) is 13.1. The maximum atomic E-state index is 2.46. The Labute approximate surface area is 420 Å². The van der Waals surface area contributed by atoms with Gasteiger partial charge in [0.1, 0.15) is 0 Å². The van der Waals surface area contributed by atoms with E-state index in [1.165, 1.54) is 154 Å². The molecule has 0 N–H and O–H groups in total. The first kappa shape index (κ1) is 41.2. The lowest BCUT2D eigenvalue weighted by atomic mass is 9.80. The highest BCUT2D eigenvalue weighted by Gasteiger charge is 2.37. The lowest BCUT2D eigenvalue weighted by Crippen LogP contribution is -2.15. The topological polar surface area (TPSA) is 0 Å². The highest BCUT2D eigenvalue weighted by Crippen LogP contribution is 2.53. The highest BCUT2D eigenvalue weighted by atomic mass is 14.4. The Morgan fingerprint density at radius 3 is 1.22 bits per heavy atom. The summed E-state index contributed by atoms with van der Waals surface area (Å²) in [5, 5.41) is 15.3. The van der Waals surface area contributed by atoms with E-state index in [9.17, 15) is 0 Å². The van der Waals surface area contributed by atoms with Gasteiger partial charge in [-0.05, 0) is 202 Å². The molecule has 338 valence electrons. The number of fused-ring (bicyclic) bond motifs is 15. The molecule has 0 bridgehead atoms. The van der Waals surface area contributed by atoms with Gasteiger partial charge >= 0.3 is 0 Å². The largest absolute Gasteiger partial charge is 0.0619 e. The van der Waals surface area contributed by atoms with E-state index in [1.807, 2.05) is 0 Å². The molecule has 13 aromatic carbocycles. The molecule has 15 rings (SSSR count). The van der Waals surface area contributed by atoms with Gasteiger partial charge in [-0.1, -0.05) is 210 Å². The van der Waals surface area contributed by atoms with Crippen molar-refractivity contribution in [2.75, 3.05) is 0 Å². The molecule has 0 radical (unpaired) electrons. The van der Waals surface area contributed by atoms with Crippen molar-refractivity contribution in [1.29, 1.82) is 0 Å². The average Bonchev–Trinajstić information content (AvgIpc) is 3.80. The molecule has 0 heteroatoms. The predicted octanol–water partition coefficient (Wildman–Crippen LogP) is 19.9. The van der Waals surface area contributed by atoms with Gasteiger partial charge in [0.2, 0.25) is 0 Å². The van der Waals surface area contributed by atoms with Crippen LogP contribution in [0.1, 0.15) is 49.9 Å². The molecular weight excluding hydrogens is 865 g/mol. The van der Waals surface area contributed by atoms with Crippen molar-refractivity contribution in [1.82, 2.24) is 0 Å². The fraction of sp³-hybridized carbons (Fsp3) is 0.0833. The number of benzene rings is 13. The molecule has 0 aliphatic heterocycles. The van der Waals surface area contributed by atoms with Gasteiger partial charge in [-0.25, -0.2) is 0 Å². The van der Waals surface area contributed by atoms with Crippen LogP contribution in [-0.2, 0) is 10.8 Å². The third-order valence-electron chi connectivity index (χ3n) is 17.0. The predicted molar refractivity (Wildman–Crippen MR) is 308 cm³/mol. The lowest BCUT2D eigenvalue weighted by Gasteiger charge is -2.23. The van der Waals surface area contributed by atoms with E-state index >= 15 is 0 Å². The monoisotopic (exact) mass is 914 g/mol. The van der Waals surface area contributed by atoms with Gasteiger partial charge in [0, 0.05) is 10.8 Å². The Hall–Kier alpha value is -8.58. The van der Waals surface area contributed by atoms with Crippen LogP contribution < -0.4 is 0 Å². The van der Waals surface area contributed by atoms with Crippen molar-refractivity contribution in [3.63, 3.8) is 0 Å². The number of hydrogen-bond acceptors (Lipinski definition) is 0. The van der Waals surface area contributed by atoms with Crippen LogP contribution in [0.5, 0.6) is 0 Å². The maximum absolute atomic E-state index is 2.46. The minimum Gasteiger partial charge on any atom is -0.0619 e. The van der Waals surface area contributed by atoms with Gasteiger partial charge in [0.15, 0.2) is 0 Å². The van der Waals surface area contributed by atoms with Crippen molar-refractivity contribution >= 4 is 64.6 Å². The van der Waals surface area contributed by atoms with Crippen LogP contribution in [0.3, 0.4) is 0 Å². The summed E-state index contributed by atoms with van der Waals surface area (Å²) in [4.78, 5) is 0. The van der Waals surface area contributed by atoms with Crippen LogP contribution in [0, 0.1) is 0 Å². The second-order valence-corrected chi connectivity index (χ2v) is 21.6. The first-order valence-electron chi connectivity index (χ1n) is 25.5. The normalized spacial score (nSPS) is 14.1. The van der Waals surface area contributed by atoms with Crippen LogP contribution in [0.4, 0.5) is 0 Å². The van der Waals surface area contributed by atoms with Crippen LogP contribution in [0.25, 0.3) is 131 Å². The first-order valence-corrected chi connectivity index (χ1v) is 25.5. The summed E-state index contributed by atoms with van der Waals surface area (Å²) >= 11 is 0. The standard InChI is InChI=1S/C72H50/c1-71(2)65-16-10-9-14-59(65)60-32-30-52(41-66(60)71)53-31-34-62-61-33-29-51(40-67(61)72(3,4)68(62)42-53)49-26-25-46-35-48(24-23-47(46)36-49)50-22-17-43-18-27-54(38-56(43)37-50)64-39-55-28-21-45-20-19-44-11-5-6-12-57(44)69(45)70(55)63-15-8-7-13-58(63)64/h5-42H,1-4H3. The molecule has 0 atom stereocenters. The van der Waals surface area contributed by atoms with Crippen LogP contribution in [0.2, 0.25) is 0 Å². The fourth-order valence-electron chi connectivity index (χ4n) is 13.1. The minimum absolute atomic E-state index is 0.0249. The van der Waals surface area contributed by atoms with Gasteiger partial charge in [-0.15, -0.1) is 0 Å². The Balaban J connectivity index is 0.738. The van der Waals surface area contributed by atoms with Crippen molar-refractivity contribution in [3.05, 3.63) is 253 Å². The van der Waals surface area contributed by atoms with Crippen LogP contribution in [0.15, 0.2) is 231 Å². The van der Waals surface area contributed by atoms with Crippen LogP contribution >= 0.6 is 0 Å². The van der Waals surface area contributed by atoms with Crippen molar-refractivity contribution in [2.24, 2.45) is 0 Å². The van der Waals surface area contributed by atoms with E-state index in [4.69, 9.17) is 0 Å². The molecule has 0 amide bonds. The Morgan fingerprint density at radius 2 is 0.597 bits per heavy atom. The molecule has 0 unspecified atom stereocenters. The highest BCUT2D eigenvalue weighted by molar-refractivity contribution is 6.29. The SMILES string of the molecule is CC1(C)c2ccccc2-c2ccc(-c3ccc4c(c3)C(C)(C)c3cc(-c5ccc6cc(-c7ccc8ccc(-c9cc%10ccc%11ccc%12ccccc%12c%11c%10c%10ccccc9%10)cc8c7)ccc6c5)ccc3-4)cc21. The van der Waals surface area contributed by atoms with Gasteiger partial charge in [-0.2, -0.15) is 0 Å². The molecule has 72 heavy (non-hydrogen) atoms. The number of hydrogen-bond donors (Lipinski definition) is 0. The molecule has 13 aromatic rings.